The van der Waals surface area contributed by atoms with Crippen molar-refractivity contribution < 1.29 is 18.3 Å². The van der Waals surface area contributed by atoms with Gasteiger partial charge in [-0.05, 0) is 44.5 Å². The molecule has 8 heteroatoms. The lowest BCUT2D eigenvalue weighted by Crippen LogP contribution is -2.40. The highest BCUT2D eigenvalue weighted by atomic mass is 32.2. The maximum absolute atomic E-state index is 12.4. The fraction of sp³-hybridized carbons (Fsp3) is 0.250. The monoisotopic (exact) mass is 349 g/mol. The molecule has 128 valence electrons. The third kappa shape index (κ3) is 4.09. The van der Waals surface area contributed by atoms with Crippen molar-refractivity contribution in [1.29, 1.82) is 0 Å². The summed E-state index contributed by atoms with van der Waals surface area (Å²) in [5, 5.41) is 9.12. The lowest BCUT2D eigenvalue weighted by Gasteiger charge is -2.20. The number of nitrogens with one attached hydrogen (secondary N) is 1. The number of pyridine rings is 1. The zero-order chi connectivity index (χ0) is 18.1. The van der Waals surface area contributed by atoms with Gasteiger partial charge in [0.05, 0.1) is 4.90 Å². The van der Waals surface area contributed by atoms with Crippen molar-refractivity contribution in [3.8, 4) is 11.1 Å². The number of benzene rings is 1. The maximum atomic E-state index is 12.4. The molecule has 0 radical (unpaired) electrons. The number of anilines is 1. The van der Waals surface area contributed by atoms with Gasteiger partial charge in [0.25, 0.3) is 0 Å². The Balaban J connectivity index is 2.49. The van der Waals surface area contributed by atoms with Gasteiger partial charge in [-0.1, -0.05) is 12.1 Å². The van der Waals surface area contributed by atoms with E-state index in [4.69, 9.17) is 10.8 Å². The molecule has 0 fully saturated rings. The largest absolute Gasteiger partial charge is 0.478 e. The molecule has 0 aliphatic rings. The summed E-state index contributed by atoms with van der Waals surface area (Å²) in [5.41, 5.74) is 5.79. The van der Waals surface area contributed by atoms with Gasteiger partial charge in [0.15, 0.2) is 0 Å². The number of carboxylic acids is 1. The Bertz CT molecular complexity index is 886. The Kier molecular flexibility index (Phi) is 4.63. The molecule has 24 heavy (non-hydrogen) atoms. The summed E-state index contributed by atoms with van der Waals surface area (Å²) in [6, 6.07) is 7.57. The van der Waals surface area contributed by atoms with Crippen molar-refractivity contribution in [3.05, 3.63) is 42.1 Å². The van der Waals surface area contributed by atoms with E-state index in [2.05, 4.69) is 9.71 Å². The van der Waals surface area contributed by atoms with E-state index in [-0.39, 0.29) is 16.3 Å². The fourth-order valence-electron chi connectivity index (χ4n) is 2.11. The molecule has 0 spiro atoms. The van der Waals surface area contributed by atoms with Crippen LogP contribution in [-0.4, -0.2) is 30.0 Å². The van der Waals surface area contributed by atoms with Crippen molar-refractivity contribution in [3.63, 3.8) is 0 Å². The van der Waals surface area contributed by atoms with E-state index < -0.39 is 21.5 Å². The molecule has 0 saturated heterocycles. The van der Waals surface area contributed by atoms with Crippen LogP contribution in [0.4, 0.5) is 5.82 Å². The van der Waals surface area contributed by atoms with Gasteiger partial charge in [-0.25, -0.2) is 22.9 Å². The molecule has 0 bridgehead atoms. The van der Waals surface area contributed by atoms with Gasteiger partial charge < -0.3 is 10.8 Å². The summed E-state index contributed by atoms with van der Waals surface area (Å²) < 4.78 is 27.4. The zero-order valence-corrected chi connectivity index (χ0v) is 14.4. The number of hydrogen-bond donors (Lipinski definition) is 3. The van der Waals surface area contributed by atoms with Crippen LogP contribution in [0.2, 0.25) is 0 Å². The number of aromatic carboxylic acids is 1. The molecule has 4 N–H and O–H groups in total. The van der Waals surface area contributed by atoms with E-state index in [0.717, 1.165) is 0 Å². The number of nitrogens with zero attached hydrogens (tertiary/aromatic N) is 1. The van der Waals surface area contributed by atoms with Gasteiger partial charge >= 0.3 is 5.97 Å². The van der Waals surface area contributed by atoms with Gasteiger partial charge in [0.1, 0.15) is 11.4 Å². The van der Waals surface area contributed by atoms with E-state index in [1.54, 1.807) is 32.9 Å². The lowest BCUT2D eigenvalue weighted by molar-refractivity contribution is 0.0697. The van der Waals surface area contributed by atoms with Gasteiger partial charge in [-0.2, -0.15) is 0 Å². The normalized spacial score (nSPS) is 12.1. The van der Waals surface area contributed by atoms with Crippen molar-refractivity contribution in [2.75, 3.05) is 5.73 Å². The Morgan fingerprint density at radius 1 is 1.21 bits per heavy atom. The van der Waals surface area contributed by atoms with Crippen LogP contribution in [0.5, 0.6) is 0 Å². The van der Waals surface area contributed by atoms with Crippen molar-refractivity contribution >= 4 is 21.8 Å². The second-order valence-electron chi connectivity index (χ2n) is 6.35. The number of nitrogens with two attached hydrogens (primary N) is 1. The summed E-state index contributed by atoms with van der Waals surface area (Å²) in [6.07, 6.45) is 1.41. The third-order valence-electron chi connectivity index (χ3n) is 3.07. The molecular formula is C16H19N3O4S. The molecule has 0 aliphatic carbocycles. The summed E-state index contributed by atoms with van der Waals surface area (Å²) in [5.74, 6) is -1.29. The Hall–Kier alpha value is -2.45. The lowest BCUT2D eigenvalue weighted by atomic mass is 10.1. The number of sulfonamides is 1. The summed E-state index contributed by atoms with van der Waals surface area (Å²) in [4.78, 5) is 15.1. The van der Waals surface area contributed by atoms with Gasteiger partial charge in [0, 0.05) is 17.3 Å². The molecule has 1 heterocycles. The highest BCUT2D eigenvalue weighted by Crippen LogP contribution is 2.25. The molecular weight excluding hydrogens is 330 g/mol. The first-order valence-corrected chi connectivity index (χ1v) is 8.61. The van der Waals surface area contributed by atoms with E-state index in [1.807, 2.05) is 0 Å². The molecule has 1 aromatic carbocycles. The number of carboxylic acid groups (broad SMARTS) is 1. The first kappa shape index (κ1) is 17.9. The predicted molar refractivity (Wildman–Crippen MR) is 91.1 cm³/mol. The highest BCUT2D eigenvalue weighted by molar-refractivity contribution is 7.89. The molecule has 7 nitrogen and oxygen atoms in total. The highest BCUT2D eigenvalue weighted by Gasteiger charge is 2.22. The molecule has 1 aromatic heterocycles. The van der Waals surface area contributed by atoms with E-state index in [1.165, 1.54) is 24.4 Å². The quantitative estimate of drug-likeness (QED) is 0.777. The van der Waals surface area contributed by atoms with E-state index >= 15 is 0 Å². The van der Waals surface area contributed by atoms with Crippen LogP contribution >= 0.6 is 0 Å². The van der Waals surface area contributed by atoms with Crippen molar-refractivity contribution in [2.24, 2.45) is 0 Å². The van der Waals surface area contributed by atoms with Crippen LogP contribution in [0.1, 0.15) is 31.1 Å². The second kappa shape index (κ2) is 6.21. The van der Waals surface area contributed by atoms with Crippen LogP contribution in [0.25, 0.3) is 11.1 Å². The number of hydrogen-bond acceptors (Lipinski definition) is 5. The maximum Gasteiger partial charge on any atom is 0.339 e. The number of rotatable bonds is 4. The molecule has 0 atom stereocenters. The molecule has 2 rings (SSSR count). The standard InChI is InChI=1S/C16H19N3O4S/c1-16(2,3)19-24(22,23)12-6-4-5-10(7-12)11-8-13(15(20)21)14(17)18-9-11/h4-9,19H,1-3H3,(H2,17,18)(H,20,21). The number of nitrogen functional groups attached to an aromatic ring is 1. The van der Waals surface area contributed by atoms with E-state index in [0.29, 0.717) is 11.1 Å². The molecule has 0 amide bonds. The van der Waals surface area contributed by atoms with Crippen LogP contribution in [-0.2, 0) is 10.0 Å². The Morgan fingerprint density at radius 3 is 2.46 bits per heavy atom. The average Bonchev–Trinajstić information content (AvgIpc) is 2.45. The first-order chi connectivity index (χ1) is 11.0. The zero-order valence-electron chi connectivity index (χ0n) is 13.6. The van der Waals surface area contributed by atoms with Crippen LogP contribution in [0.15, 0.2) is 41.4 Å². The molecule has 0 saturated carbocycles. The number of aromatic nitrogens is 1. The van der Waals surface area contributed by atoms with Crippen LogP contribution < -0.4 is 10.5 Å². The van der Waals surface area contributed by atoms with Crippen LogP contribution in [0, 0.1) is 0 Å². The number of carbonyl (C=O) groups is 1. The molecule has 0 unspecified atom stereocenters. The first-order valence-electron chi connectivity index (χ1n) is 7.13. The van der Waals surface area contributed by atoms with Gasteiger partial charge in [-0.3, -0.25) is 0 Å². The smallest absolute Gasteiger partial charge is 0.339 e. The van der Waals surface area contributed by atoms with Crippen LogP contribution in [0.3, 0.4) is 0 Å². The Morgan fingerprint density at radius 2 is 1.88 bits per heavy atom. The van der Waals surface area contributed by atoms with E-state index in [9.17, 15) is 13.2 Å². The SMILES string of the molecule is CC(C)(C)NS(=O)(=O)c1cccc(-c2cnc(N)c(C(=O)O)c2)c1. The minimum atomic E-state index is -3.69. The van der Waals surface area contributed by atoms with Crippen molar-refractivity contribution in [2.45, 2.75) is 31.2 Å². The average molecular weight is 349 g/mol. The second-order valence-corrected chi connectivity index (χ2v) is 8.03. The van der Waals surface area contributed by atoms with Crippen molar-refractivity contribution in [1.82, 2.24) is 9.71 Å². The Labute approximate surface area is 140 Å². The predicted octanol–water partition coefficient (Wildman–Crippen LogP) is 2.11. The topological polar surface area (TPSA) is 122 Å². The summed E-state index contributed by atoms with van der Waals surface area (Å²) in [7, 11) is -3.69. The third-order valence-corrected chi connectivity index (χ3v) is 4.82. The summed E-state index contributed by atoms with van der Waals surface area (Å²) >= 11 is 0. The summed E-state index contributed by atoms with van der Waals surface area (Å²) in [6.45, 7) is 5.24. The molecule has 2 aromatic rings. The molecule has 0 aliphatic heterocycles. The van der Waals surface area contributed by atoms with Gasteiger partial charge in [-0.15, -0.1) is 0 Å². The minimum absolute atomic E-state index is 0.0867. The van der Waals surface area contributed by atoms with Gasteiger partial charge in [0.2, 0.25) is 10.0 Å². The fourth-order valence-corrected chi connectivity index (χ4v) is 3.57. The minimum Gasteiger partial charge on any atom is -0.478 e.